The largest absolute Gasteiger partial charge is 0.390 e. The van der Waals surface area contributed by atoms with Gasteiger partial charge < -0.3 is 24.5 Å². The van der Waals surface area contributed by atoms with E-state index in [1.807, 2.05) is 30.3 Å². The highest BCUT2D eigenvalue weighted by molar-refractivity contribution is 5.81. The molecule has 1 fully saturated rings. The van der Waals surface area contributed by atoms with Crippen LogP contribution in [0.1, 0.15) is 24.8 Å². The summed E-state index contributed by atoms with van der Waals surface area (Å²) < 4.78 is 6.02. The number of nitrogens with zero attached hydrogens (tertiary/aromatic N) is 3. The Labute approximate surface area is 163 Å². The number of carbonyl (C=O) groups is 1. The van der Waals surface area contributed by atoms with E-state index < -0.39 is 12.2 Å². The maximum absolute atomic E-state index is 12.8. The zero-order valence-electron chi connectivity index (χ0n) is 17.2. The summed E-state index contributed by atoms with van der Waals surface area (Å²) in [5, 5.41) is 10.3. The summed E-state index contributed by atoms with van der Waals surface area (Å²) in [5.41, 5.74) is 1.07. The second kappa shape index (κ2) is 10.8. The van der Waals surface area contributed by atoms with Gasteiger partial charge in [-0.3, -0.25) is 4.79 Å². The van der Waals surface area contributed by atoms with Crippen LogP contribution in [0.25, 0.3) is 0 Å². The maximum Gasteiger partial charge on any atom is 0.254 e. The zero-order chi connectivity index (χ0) is 19.8. The molecule has 0 aromatic heterocycles. The summed E-state index contributed by atoms with van der Waals surface area (Å²) in [5.74, 6) is -0.142. The van der Waals surface area contributed by atoms with Crippen molar-refractivity contribution in [3.8, 4) is 0 Å². The summed E-state index contributed by atoms with van der Waals surface area (Å²) in [4.78, 5) is 18.9. The number of hydrogen-bond acceptors (Lipinski definition) is 5. The lowest BCUT2D eigenvalue weighted by Gasteiger charge is -2.35. The Hall–Kier alpha value is -1.47. The van der Waals surface area contributed by atoms with Crippen LogP contribution in [-0.2, 0) is 16.1 Å². The second-order valence-electron chi connectivity index (χ2n) is 7.90. The Morgan fingerprint density at radius 2 is 1.78 bits per heavy atom. The first-order chi connectivity index (χ1) is 12.9. The number of likely N-dealkylation sites (N-methyl/N-ethyl adjacent to an activating group) is 3. The average molecular weight is 378 g/mol. The van der Waals surface area contributed by atoms with Crippen LogP contribution in [0.3, 0.4) is 0 Å². The van der Waals surface area contributed by atoms with Gasteiger partial charge in [-0.15, -0.1) is 0 Å². The van der Waals surface area contributed by atoms with Gasteiger partial charge in [-0.1, -0.05) is 30.3 Å². The van der Waals surface area contributed by atoms with Crippen LogP contribution >= 0.6 is 0 Å². The van der Waals surface area contributed by atoms with Gasteiger partial charge in [0.25, 0.3) is 5.91 Å². The van der Waals surface area contributed by atoms with Crippen LogP contribution in [0.2, 0.25) is 0 Å². The first-order valence-electron chi connectivity index (χ1n) is 9.82. The fourth-order valence-electron chi connectivity index (χ4n) is 3.31. The molecule has 1 aliphatic heterocycles. The van der Waals surface area contributed by atoms with E-state index in [9.17, 15) is 9.90 Å². The lowest BCUT2D eigenvalue weighted by Crippen LogP contribution is -2.49. The molecule has 3 atom stereocenters. The van der Waals surface area contributed by atoms with Gasteiger partial charge in [0.15, 0.2) is 6.10 Å². The van der Waals surface area contributed by atoms with Gasteiger partial charge in [-0.25, -0.2) is 0 Å². The van der Waals surface area contributed by atoms with Crippen LogP contribution in [0, 0.1) is 0 Å². The van der Waals surface area contributed by atoms with E-state index in [1.54, 1.807) is 11.9 Å². The molecule has 0 unspecified atom stereocenters. The summed E-state index contributed by atoms with van der Waals surface area (Å²) in [6.07, 6.45) is 0.830. The smallest absolute Gasteiger partial charge is 0.254 e. The summed E-state index contributed by atoms with van der Waals surface area (Å²) in [6, 6.07) is 9.87. The quantitative estimate of drug-likeness (QED) is 0.706. The molecule has 152 valence electrons. The Bertz CT molecular complexity index is 567. The number of aliphatic hydroxyl groups is 1. The molecule has 1 aliphatic rings. The SMILES string of the molecule is CN(C)CCN(C)CC[C@@H]1CC[C@H](O)[C@@H](C(=O)N(C)Cc2ccccc2)O1. The van der Waals surface area contributed by atoms with E-state index in [4.69, 9.17) is 4.74 Å². The monoisotopic (exact) mass is 377 g/mol. The van der Waals surface area contributed by atoms with Crippen molar-refractivity contribution in [3.05, 3.63) is 35.9 Å². The van der Waals surface area contributed by atoms with Crippen LogP contribution in [0.15, 0.2) is 30.3 Å². The molecule has 0 spiro atoms. The van der Waals surface area contributed by atoms with Gasteiger partial charge in [-0.2, -0.15) is 0 Å². The van der Waals surface area contributed by atoms with Gasteiger partial charge in [0.05, 0.1) is 12.2 Å². The molecule has 1 heterocycles. The third-order valence-electron chi connectivity index (χ3n) is 5.12. The minimum Gasteiger partial charge on any atom is -0.390 e. The van der Waals surface area contributed by atoms with Crippen LogP contribution < -0.4 is 0 Å². The highest BCUT2D eigenvalue weighted by Gasteiger charge is 2.36. The van der Waals surface area contributed by atoms with E-state index in [1.165, 1.54) is 0 Å². The normalized spacial score (nSPS) is 23.0. The molecule has 1 N–H and O–H groups in total. The molecule has 1 aromatic carbocycles. The number of hydrogen-bond donors (Lipinski definition) is 1. The second-order valence-corrected chi connectivity index (χ2v) is 7.90. The zero-order valence-corrected chi connectivity index (χ0v) is 17.2. The van der Waals surface area contributed by atoms with Crippen molar-refractivity contribution in [2.75, 3.05) is 47.8 Å². The van der Waals surface area contributed by atoms with E-state index >= 15 is 0 Å². The Balaban J connectivity index is 1.83. The van der Waals surface area contributed by atoms with Crippen molar-refractivity contribution in [1.29, 1.82) is 0 Å². The Morgan fingerprint density at radius 3 is 2.44 bits per heavy atom. The summed E-state index contributed by atoms with van der Waals surface area (Å²) >= 11 is 0. The van der Waals surface area contributed by atoms with Crippen molar-refractivity contribution in [2.24, 2.45) is 0 Å². The topological polar surface area (TPSA) is 56.2 Å². The first-order valence-corrected chi connectivity index (χ1v) is 9.82. The molecule has 2 rings (SSSR count). The fraction of sp³-hybridized carbons (Fsp3) is 0.667. The van der Waals surface area contributed by atoms with E-state index in [2.05, 4.69) is 30.9 Å². The Kier molecular flexibility index (Phi) is 8.70. The van der Waals surface area contributed by atoms with Gasteiger partial charge in [-0.05, 0) is 46.0 Å². The standard InChI is InChI=1S/C21H35N3O3/c1-22(2)14-15-23(3)13-12-18-10-11-19(25)20(27-18)21(26)24(4)16-17-8-6-5-7-9-17/h5-9,18-20,25H,10-16H2,1-4H3/t18-,19-,20-/m0/s1. The van der Waals surface area contributed by atoms with Gasteiger partial charge in [0.2, 0.25) is 0 Å². The Morgan fingerprint density at radius 1 is 1.07 bits per heavy atom. The molecular formula is C21H35N3O3. The van der Waals surface area contributed by atoms with Crippen molar-refractivity contribution >= 4 is 5.91 Å². The summed E-state index contributed by atoms with van der Waals surface area (Å²) in [6.45, 7) is 3.47. The lowest BCUT2D eigenvalue weighted by molar-refractivity contribution is -0.167. The molecule has 0 radical (unpaired) electrons. The van der Waals surface area contributed by atoms with Crippen LogP contribution in [0.5, 0.6) is 0 Å². The number of amides is 1. The predicted octanol–water partition coefficient (Wildman–Crippen LogP) is 1.44. The third-order valence-corrected chi connectivity index (χ3v) is 5.12. The molecule has 6 nitrogen and oxygen atoms in total. The van der Waals surface area contributed by atoms with Crippen LogP contribution in [-0.4, -0.2) is 91.9 Å². The number of rotatable bonds is 9. The molecule has 1 saturated heterocycles. The number of benzene rings is 1. The number of aliphatic hydroxyl groups excluding tert-OH is 1. The number of ether oxygens (including phenoxy) is 1. The molecule has 1 aromatic rings. The van der Waals surface area contributed by atoms with E-state index in [0.29, 0.717) is 13.0 Å². The molecule has 6 heteroatoms. The average Bonchev–Trinajstić information content (AvgIpc) is 2.65. The highest BCUT2D eigenvalue weighted by Crippen LogP contribution is 2.23. The molecule has 1 amide bonds. The fourth-order valence-corrected chi connectivity index (χ4v) is 3.31. The van der Waals surface area contributed by atoms with Gasteiger partial charge in [0.1, 0.15) is 0 Å². The summed E-state index contributed by atoms with van der Waals surface area (Å²) in [7, 11) is 8.02. The molecule has 0 saturated carbocycles. The van der Waals surface area contributed by atoms with E-state index in [0.717, 1.165) is 38.0 Å². The highest BCUT2D eigenvalue weighted by atomic mass is 16.5. The predicted molar refractivity (Wildman–Crippen MR) is 107 cm³/mol. The maximum atomic E-state index is 12.8. The lowest BCUT2D eigenvalue weighted by atomic mass is 9.98. The van der Waals surface area contributed by atoms with Gasteiger partial charge >= 0.3 is 0 Å². The minimum absolute atomic E-state index is 0.0225. The minimum atomic E-state index is -0.760. The van der Waals surface area contributed by atoms with Crippen molar-refractivity contribution < 1.29 is 14.6 Å². The molecular weight excluding hydrogens is 342 g/mol. The number of carbonyl (C=O) groups excluding carboxylic acids is 1. The van der Waals surface area contributed by atoms with Crippen molar-refractivity contribution in [3.63, 3.8) is 0 Å². The molecule has 27 heavy (non-hydrogen) atoms. The van der Waals surface area contributed by atoms with Crippen LogP contribution in [0.4, 0.5) is 0 Å². The molecule has 0 bridgehead atoms. The third kappa shape index (κ3) is 7.22. The first kappa shape index (κ1) is 21.8. The van der Waals surface area contributed by atoms with Crippen molar-refractivity contribution in [1.82, 2.24) is 14.7 Å². The van der Waals surface area contributed by atoms with Crippen molar-refractivity contribution in [2.45, 2.75) is 44.1 Å². The van der Waals surface area contributed by atoms with Gasteiger partial charge in [0, 0.05) is 33.2 Å². The van der Waals surface area contributed by atoms with E-state index in [-0.39, 0.29) is 12.0 Å². The molecule has 0 aliphatic carbocycles.